The van der Waals surface area contributed by atoms with Crippen molar-refractivity contribution < 1.29 is 9.18 Å². The van der Waals surface area contributed by atoms with Gasteiger partial charge in [0.2, 0.25) is 0 Å². The molecule has 1 amide bonds. The molecule has 19 heavy (non-hydrogen) atoms. The number of hydrogen-bond acceptors (Lipinski definition) is 3. The van der Waals surface area contributed by atoms with Gasteiger partial charge in [-0.15, -0.1) is 11.3 Å². The van der Waals surface area contributed by atoms with Crippen LogP contribution in [-0.2, 0) is 0 Å². The van der Waals surface area contributed by atoms with Crippen LogP contribution in [0.15, 0.2) is 41.5 Å². The first kappa shape index (κ1) is 13.7. The third-order valence-corrected chi connectivity index (χ3v) is 3.71. The van der Waals surface area contributed by atoms with Gasteiger partial charge in [0.05, 0.1) is 20.5 Å². The summed E-state index contributed by atoms with van der Waals surface area (Å²) in [6, 6.07) is 9.30. The number of nitrogens with one attached hydrogen (secondary N) is 1. The van der Waals surface area contributed by atoms with Crippen LogP contribution in [0.2, 0.25) is 4.34 Å². The first-order valence-corrected chi connectivity index (χ1v) is 6.62. The first-order valence-electron chi connectivity index (χ1n) is 5.43. The zero-order chi connectivity index (χ0) is 13.8. The van der Waals surface area contributed by atoms with E-state index in [9.17, 15) is 9.18 Å². The van der Waals surface area contributed by atoms with Crippen LogP contribution in [0.25, 0.3) is 0 Å². The van der Waals surface area contributed by atoms with Crippen LogP contribution in [0.5, 0.6) is 0 Å². The summed E-state index contributed by atoms with van der Waals surface area (Å²) in [5.41, 5.74) is 2.89. The van der Waals surface area contributed by atoms with Crippen molar-refractivity contribution in [1.29, 1.82) is 0 Å². The molecular weight excluding hydrogens is 287 g/mol. The Morgan fingerprint density at radius 1 is 1.32 bits per heavy atom. The van der Waals surface area contributed by atoms with Gasteiger partial charge in [-0.2, -0.15) is 5.10 Å². The summed E-state index contributed by atoms with van der Waals surface area (Å²) < 4.78 is 14.0. The van der Waals surface area contributed by atoms with E-state index < -0.39 is 11.7 Å². The smallest absolute Gasteiger partial charge is 0.267 e. The summed E-state index contributed by atoms with van der Waals surface area (Å²) in [7, 11) is 0. The Hall–Kier alpha value is -1.72. The molecule has 0 saturated carbocycles. The Kier molecular flexibility index (Phi) is 4.29. The maximum Gasteiger partial charge on any atom is 0.274 e. The SMILES string of the molecule is C/C(=N/NC(=O)c1ccccc1F)c1ccc(Cl)s1. The van der Waals surface area contributed by atoms with E-state index in [1.54, 1.807) is 25.1 Å². The van der Waals surface area contributed by atoms with E-state index in [0.29, 0.717) is 10.0 Å². The van der Waals surface area contributed by atoms with Crippen molar-refractivity contribution in [2.75, 3.05) is 0 Å². The molecule has 0 spiro atoms. The van der Waals surface area contributed by atoms with Crippen molar-refractivity contribution in [3.05, 3.63) is 57.0 Å². The lowest BCUT2D eigenvalue weighted by Crippen LogP contribution is -2.20. The Morgan fingerprint density at radius 3 is 2.68 bits per heavy atom. The van der Waals surface area contributed by atoms with Gasteiger partial charge in [-0.3, -0.25) is 4.79 Å². The molecule has 0 saturated heterocycles. The molecule has 98 valence electrons. The number of benzene rings is 1. The van der Waals surface area contributed by atoms with Crippen LogP contribution < -0.4 is 5.43 Å². The number of halogens is 2. The lowest BCUT2D eigenvalue weighted by molar-refractivity contribution is 0.0951. The Balaban J connectivity index is 2.10. The fourth-order valence-corrected chi connectivity index (χ4v) is 2.39. The predicted molar refractivity (Wildman–Crippen MR) is 75.4 cm³/mol. The predicted octanol–water partition coefficient (Wildman–Crippen LogP) is 3.69. The van der Waals surface area contributed by atoms with E-state index >= 15 is 0 Å². The van der Waals surface area contributed by atoms with Crippen molar-refractivity contribution in [2.24, 2.45) is 5.10 Å². The zero-order valence-electron chi connectivity index (χ0n) is 9.98. The Bertz CT molecular complexity index is 639. The van der Waals surface area contributed by atoms with Gasteiger partial charge in [-0.25, -0.2) is 9.82 Å². The van der Waals surface area contributed by atoms with Crippen molar-refractivity contribution in [2.45, 2.75) is 6.92 Å². The number of hydrogen-bond donors (Lipinski definition) is 1. The number of carbonyl (C=O) groups excluding carboxylic acids is 1. The van der Waals surface area contributed by atoms with E-state index in [-0.39, 0.29) is 5.56 Å². The Morgan fingerprint density at radius 2 is 2.05 bits per heavy atom. The van der Waals surface area contributed by atoms with Crippen LogP contribution in [0, 0.1) is 5.82 Å². The normalized spacial score (nSPS) is 11.4. The van der Waals surface area contributed by atoms with Gasteiger partial charge in [-0.05, 0) is 31.2 Å². The second-order valence-electron chi connectivity index (χ2n) is 3.72. The number of hydrazone groups is 1. The second-order valence-corrected chi connectivity index (χ2v) is 5.44. The minimum atomic E-state index is -0.583. The molecule has 3 nitrogen and oxygen atoms in total. The lowest BCUT2D eigenvalue weighted by atomic mass is 10.2. The van der Waals surface area contributed by atoms with Crippen LogP contribution >= 0.6 is 22.9 Å². The molecule has 1 aromatic carbocycles. The van der Waals surface area contributed by atoms with Gasteiger partial charge >= 0.3 is 0 Å². The summed E-state index contributed by atoms with van der Waals surface area (Å²) in [5, 5.41) is 3.93. The van der Waals surface area contributed by atoms with E-state index in [1.165, 1.54) is 29.5 Å². The zero-order valence-corrected chi connectivity index (χ0v) is 11.6. The van der Waals surface area contributed by atoms with Crippen LogP contribution in [0.3, 0.4) is 0 Å². The molecule has 0 bridgehead atoms. The van der Waals surface area contributed by atoms with Gasteiger partial charge in [0.15, 0.2) is 0 Å². The second kappa shape index (κ2) is 5.95. The van der Waals surface area contributed by atoms with Gasteiger partial charge in [0, 0.05) is 0 Å². The standard InChI is InChI=1S/C13H10ClFN2OS/c1-8(11-6-7-12(14)19-11)16-17-13(18)9-4-2-3-5-10(9)15/h2-7H,1H3,(H,17,18)/b16-8-. The minimum Gasteiger partial charge on any atom is -0.267 e. The topological polar surface area (TPSA) is 41.5 Å². The van der Waals surface area contributed by atoms with Gasteiger partial charge in [0.1, 0.15) is 5.82 Å². The summed E-state index contributed by atoms with van der Waals surface area (Å²) >= 11 is 7.17. The van der Waals surface area contributed by atoms with Crippen molar-refractivity contribution >= 4 is 34.6 Å². The molecule has 0 aliphatic carbocycles. The number of amides is 1. The van der Waals surface area contributed by atoms with Crippen LogP contribution in [0.1, 0.15) is 22.2 Å². The van der Waals surface area contributed by atoms with Crippen LogP contribution in [-0.4, -0.2) is 11.6 Å². The largest absolute Gasteiger partial charge is 0.274 e. The van der Waals surface area contributed by atoms with Crippen molar-refractivity contribution in [3.8, 4) is 0 Å². The molecular formula is C13H10ClFN2OS. The molecule has 0 atom stereocenters. The summed E-state index contributed by atoms with van der Waals surface area (Å²) in [5.74, 6) is -1.16. The number of nitrogens with zero attached hydrogens (tertiary/aromatic N) is 1. The number of rotatable bonds is 3. The highest BCUT2D eigenvalue weighted by Crippen LogP contribution is 2.21. The summed E-state index contributed by atoms with van der Waals surface area (Å²) in [6.45, 7) is 1.74. The number of thiophene rings is 1. The highest BCUT2D eigenvalue weighted by Gasteiger charge is 2.10. The van der Waals surface area contributed by atoms with E-state index in [0.717, 1.165) is 4.88 Å². The molecule has 0 aliphatic heterocycles. The van der Waals surface area contributed by atoms with Crippen LogP contribution in [0.4, 0.5) is 4.39 Å². The van der Waals surface area contributed by atoms with Gasteiger partial charge < -0.3 is 0 Å². The molecule has 1 N–H and O–H groups in total. The van der Waals surface area contributed by atoms with Crippen molar-refractivity contribution in [3.63, 3.8) is 0 Å². The van der Waals surface area contributed by atoms with Crippen molar-refractivity contribution in [1.82, 2.24) is 5.43 Å². The monoisotopic (exact) mass is 296 g/mol. The van der Waals surface area contributed by atoms with E-state index in [1.807, 2.05) is 0 Å². The van der Waals surface area contributed by atoms with E-state index in [4.69, 9.17) is 11.6 Å². The first-order chi connectivity index (χ1) is 9.08. The summed E-state index contributed by atoms with van der Waals surface area (Å²) in [4.78, 5) is 12.6. The molecule has 2 aromatic rings. The fraction of sp³-hybridized carbons (Fsp3) is 0.0769. The van der Waals surface area contributed by atoms with Gasteiger partial charge in [-0.1, -0.05) is 23.7 Å². The lowest BCUT2D eigenvalue weighted by Gasteiger charge is -2.02. The summed E-state index contributed by atoms with van der Waals surface area (Å²) in [6.07, 6.45) is 0. The molecule has 0 radical (unpaired) electrons. The third-order valence-electron chi connectivity index (χ3n) is 2.37. The molecule has 0 aliphatic rings. The average Bonchev–Trinajstić information content (AvgIpc) is 2.83. The molecule has 2 rings (SSSR count). The highest BCUT2D eigenvalue weighted by molar-refractivity contribution is 7.18. The number of carbonyl (C=O) groups is 1. The maximum absolute atomic E-state index is 13.4. The molecule has 6 heteroatoms. The maximum atomic E-state index is 13.4. The minimum absolute atomic E-state index is 0.0386. The fourth-order valence-electron chi connectivity index (χ4n) is 1.40. The quantitative estimate of drug-likeness (QED) is 0.681. The Labute approximate surface area is 118 Å². The molecule has 0 unspecified atom stereocenters. The molecule has 1 aromatic heterocycles. The molecule has 1 heterocycles. The molecule has 0 fully saturated rings. The average molecular weight is 297 g/mol. The highest BCUT2D eigenvalue weighted by atomic mass is 35.5. The van der Waals surface area contributed by atoms with Gasteiger partial charge in [0.25, 0.3) is 5.91 Å². The third kappa shape index (κ3) is 3.39. The van der Waals surface area contributed by atoms with E-state index in [2.05, 4.69) is 10.5 Å².